The zero-order valence-electron chi connectivity index (χ0n) is 9.35. The Balaban J connectivity index is 2.51. The summed E-state index contributed by atoms with van der Waals surface area (Å²) in [5.41, 5.74) is 9.42. The van der Waals surface area contributed by atoms with Crippen LogP contribution in [0.5, 0.6) is 0 Å². The van der Waals surface area contributed by atoms with Crippen LogP contribution < -0.4 is 11.5 Å². The minimum atomic E-state index is -4.49. The summed E-state index contributed by atoms with van der Waals surface area (Å²) in [6, 6.07) is 4.30. The number of halogens is 3. The van der Waals surface area contributed by atoms with Crippen molar-refractivity contribution in [2.75, 3.05) is 5.73 Å². The summed E-state index contributed by atoms with van der Waals surface area (Å²) in [5, 5.41) is 6.92. The number of nitrogens with zero attached hydrogens (tertiary/aromatic N) is 3. The van der Waals surface area contributed by atoms with Gasteiger partial charge in [-0.3, -0.25) is 4.79 Å². The molecule has 100 valence electrons. The topological polar surface area (TPSA) is 99.8 Å². The Morgan fingerprint density at radius 1 is 1.32 bits per heavy atom. The summed E-state index contributed by atoms with van der Waals surface area (Å²) >= 11 is 0. The summed E-state index contributed by atoms with van der Waals surface area (Å²) in [6.07, 6.45) is -4.49. The average Bonchev–Trinajstić information content (AvgIpc) is 2.70. The van der Waals surface area contributed by atoms with Gasteiger partial charge in [0.2, 0.25) is 0 Å². The van der Waals surface area contributed by atoms with Gasteiger partial charge in [0, 0.05) is 0 Å². The largest absolute Gasteiger partial charge is 0.416 e. The summed E-state index contributed by atoms with van der Waals surface area (Å²) in [6.45, 7) is 0. The van der Waals surface area contributed by atoms with Crippen molar-refractivity contribution < 1.29 is 18.0 Å². The Labute approximate surface area is 104 Å². The number of carbonyl (C=O) groups excluding carboxylic acids is 1. The Morgan fingerprint density at radius 3 is 2.53 bits per heavy atom. The van der Waals surface area contributed by atoms with Gasteiger partial charge in [0.05, 0.1) is 11.3 Å². The Bertz CT molecular complexity index is 634. The molecule has 0 atom stereocenters. The number of anilines is 1. The van der Waals surface area contributed by atoms with E-state index >= 15 is 0 Å². The zero-order valence-corrected chi connectivity index (χ0v) is 9.35. The van der Waals surface area contributed by atoms with Gasteiger partial charge in [-0.25, -0.2) is 0 Å². The van der Waals surface area contributed by atoms with Crippen LogP contribution in [0.2, 0.25) is 0 Å². The van der Waals surface area contributed by atoms with Crippen molar-refractivity contribution in [2.24, 2.45) is 5.73 Å². The fourth-order valence-electron chi connectivity index (χ4n) is 1.47. The number of primary amides is 1. The van der Waals surface area contributed by atoms with Gasteiger partial charge in [-0.1, -0.05) is 11.3 Å². The minimum absolute atomic E-state index is 0.0346. The molecule has 2 aromatic rings. The van der Waals surface area contributed by atoms with E-state index in [-0.39, 0.29) is 17.2 Å². The van der Waals surface area contributed by atoms with Crippen molar-refractivity contribution in [2.45, 2.75) is 6.18 Å². The van der Waals surface area contributed by atoms with Gasteiger partial charge in [0.1, 0.15) is 0 Å². The van der Waals surface area contributed by atoms with Crippen molar-refractivity contribution in [3.8, 4) is 5.69 Å². The van der Waals surface area contributed by atoms with E-state index in [2.05, 4.69) is 10.3 Å². The molecule has 0 saturated carbocycles. The van der Waals surface area contributed by atoms with Crippen LogP contribution in [0, 0.1) is 0 Å². The van der Waals surface area contributed by atoms with Crippen LogP contribution in [0.15, 0.2) is 24.3 Å². The number of rotatable bonds is 2. The first-order valence-electron chi connectivity index (χ1n) is 4.99. The zero-order chi connectivity index (χ0) is 14.2. The fourth-order valence-corrected chi connectivity index (χ4v) is 1.47. The van der Waals surface area contributed by atoms with E-state index in [1.807, 2.05) is 0 Å². The monoisotopic (exact) mass is 271 g/mol. The number of hydrogen-bond donors (Lipinski definition) is 2. The summed E-state index contributed by atoms with van der Waals surface area (Å²) in [7, 11) is 0. The summed E-state index contributed by atoms with van der Waals surface area (Å²) in [4.78, 5) is 10.9. The van der Waals surface area contributed by atoms with E-state index in [9.17, 15) is 18.0 Å². The molecule has 6 nitrogen and oxygen atoms in total. The van der Waals surface area contributed by atoms with Crippen LogP contribution in [-0.2, 0) is 6.18 Å². The third-order valence-corrected chi connectivity index (χ3v) is 2.36. The van der Waals surface area contributed by atoms with Crippen molar-refractivity contribution in [1.29, 1.82) is 0 Å². The molecule has 2 rings (SSSR count). The lowest BCUT2D eigenvalue weighted by Gasteiger charge is -2.09. The van der Waals surface area contributed by atoms with Crippen LogP contribution >= 0.6 is 0 Å². The number of nitrogens with two attached hydrogens (primary N) is 2. The minimum Gasteiger partial charge on any atom is -0.382 e. The number of aromatic nitrogens is 3. The number of alkyl halides is 3. The van der Waals surface area contributed by atoms with Gasteiger partial charge in [-0.2, -0.15) is 17.9 Å². The van der Waals surface area contributed by atoms with Gasteiger partial charge in [-0.15, -0.1) is 5.10 Å². The number of amides is 1. The first-order chi connectivity index (χ1) is 8.80. The molecule has 1 aromatic heterocycles. The molecular weight excluding hydrogens is 263 g/mol. The molecule has 0 aliphatic carbocycles. The highest BCUT2D eigenvalue weighted by Gasteiger charge is 2.30. The molecule has 0 aliphatic rings. The highest BCUT2D eigenvalue weighted by molar-refractivity contribution is 5.95. The van der Waals surface area contributed by atoms with Gasteiger partial charge < -0.3 is 11.5 Å². The first kappa shape index (κ1) is 12.9. The van der Waals surface area contributed by atoms with E-state index in [4.69, 9.17) is 11.5 Å². The van der Waals surface area contributed by atoms with Crippen molar-refractivity contribution in [1.82, 2.24) is 15.0 Å². The van der Waals surface area contributed by atoms with E-state index < -0.39 is 17.6 Å². The predicted molar refractivity (Wildman–Crippen MR) is 59.3 cm³/mol. The fraction of sp³-hybridized carbons (Fsp3) is 0.100. The predicted octanol–water partition coefficient (Wildman–Crippen LogP) is 0.967. The third-order valence-electron chi connectivity index (χ3n) is 2.36. The molecule has 1 heterocycles. The van der Waals surface area contributed by atoms with Crippen molar-refractivity contribution in [3.63, 3.8) is 0 Å². The van der Waals surface area contributed by atoms with E-state index in [1.54, 1.807) is 0 Å². The van der Waals surface area contributed by atoms with E-state index in [1.165, 1.54) is 12.1 Å². The molecule has 19 heavy (non-hydrogen) atoms. The SMILES string of the molecule is NC(=O)c1nnn(-c2cccc(C(F)(F)F)c2)c1N. The van der Waals surface area contributed by atoms with Crippen molar-refractivity contribution >= 4 is 11.7 Å². The van der Waals surface area contributed by atoms with Crippen LogP contribution in [0.3, 0.4) is 0 Å². The molecule has 0 radical (unpaired) electrons. The molecule has 1 aromatic carbocycles. The lowest BCUT2D eigenvalue weighted by atomic mass is 10.2. The highest BCUT2D eigenvalue weighted by atomic mass is 19.4. The molecule has 0 unspecified atom stereocenters. The second-order valence-corrected chi connectivity index (χ2v) is 3.65. The summed E-state index contributed by atoms with van der Waals surface area (Å²) < 4.78 is 38.6. The quantitative estimate of drug-likeness (QED) is 0.849. The van der Waals surface area contributed by atoms with Crippen LogP contribution in [0.25, 0.3) is 5.69 Å². The number of nitrogen functional groups attached to an aromatic ring is 1. The molecular formula is C10H8F3N5O. The second kappa shape index (κ2) is 4.26. The smallest absolute Gasteiger partial charge is 0.382 e. The van der Waals surface area contributed by atoms with Crippen LogP contribution in [-0.4, -0.2) is 20.9 Å². The molecule has 0 bridgehead atoms. The maximum Gasteiger partial charge on any atom is 0.416 e. The van der Waals surface area contributed by atoms with E-state index in [0.717, 1.165) is 16.8 Å². The van der Waals surface area contributed by atoms with Gasteiger partial charge >= 0.3 is 6.18 Å². The van der Waals surface area contributed by atoms with Crippen molar-refractivity contribution in [3.05, 3.63) is 35.5 Å². The van der Waals surface area contributed by atoms with Gasteiger partial charge in [0.25, 0.3) is 5.91 Å². The Hall–Kier alpha value is -2.58. The van der Waals surface area contributed by atoms with E-state index in [0.29, 0.717) is 0 Å². The number of hydrogen-bond acceptors (Lipinski definition) is 4. The number of benzene rings is 1. The van der Waals surface area contributed by atoms with Crippen LogP contribution in [0.1, 0.15) is 16.1 Å². The Kier molecular flexibility index (Phi) is 2.89. The maximum atomic E-state index is 12.6. The first-order valence-corrected chi connectivity index (χ1v) is 4.99. The molecule has 0 spiro atoms. The molecule has 0 fully saturated rings. The standard InChI is InChI=1S/C10H8F3N5O/c11-10(12,13)5-2-1-3-6(4-5)18-8(14)7(9(15)19)16-17-18/h1-4H,14H2,(H2,15,19). The molecule has 0 aliphatic heterocycles. The highest BCUT2D eigenvalue weighted by Crippen LogP contribution is 2.30. The molecule has 0 saturated heterocycles. The van der Waals surface area contributed by atoms with Gasteiger partial charge in [-0.05, 0) is 18.2 Å². The molecule has 4 N–H and O–H groups in total. The second-order valence-electron chi connectivity index (χ2n) is 3.65. The lowest BCUT2D eigenvalue weighted by Crippen LogP contribution is -2.14. The Morgan fingerprint density at radius 2 is 2.00 bits per heavy atom. The third kappa shape index (κ3) is 2.34. The van der Waals surface area contributed by atoms with Crippen LogP contribution in [0.4, 0.5) is 19.0 Å². The lowest BCUT2D eigenvalue weighted by molar-refractivity contribution is -0.137. The molecule has 1 amide bonds. The number of carbonyl (C=O) groups is 1. The maximum absolute atomic E-state index is 12.6. The average molecular weight is 271 g/mol. The normalized spacial score (nSPS) is 11.5. The van der Waals surface area contributed by atoms with Gasteiger partial charge in [0.15, 0.2) is 11.5 Å². The summed E-state index contributed by atoms with van der Waals surface area (Å²) in [5.74, 6) is -1.12. The molecule has 9 heteroatoms.